The first kappa shape index (κ1) is 13.5. The highest BCUT2D eigenvalue weighted by Gasteiger charge is 2.15. The van der Waals surface area contributed by atoms with E-state index in [-0.39, 0.29) is 12.5 Å². The number of aryl methyl sites for hydroxylation is 1. The molecule has 0 saturated carbocycles. The van der Waals surface area contributed by atoms with Gasteiger partial charge in [0.15, 0.2) is 0 Å². The van der Waals surface area contributed by atoms with Gasteiger partial charge in [0.25, 0.3) is 0 Å². The normalized spacial score (nSPS) is 14.8. The monoisotopic (exact) mass is 241 g/mol. The molecule has 0 fully saturated rings. The summed E-state index contributed by atoms with van der Waals surface area (Å²) < 4.78 is 0. The molecule has 0 aromatic heterocycles. The SMILES string of the molecule is Cc1cc(CC(C)C(CN)CO)ccc1Cl. The third-order valence-electron chi connectivity index (χ3n) is 3.12. The molecule has 0 aliphatic heterocycles. The standard InChI is InChI=1S/C13H20ClNO/c1-9(12(7-15)8-16)5-11-3-4-13(14)10(2)6-11/h3-4,6,9,12,16H,5,7-8,15H2,1-2H3. The van der Waals surface area contributed by atoms with Crippen molar-refractivity contribution < 1.29 is 5.11 Å². The van der Waals surface area contributed by atoms with Crippen LogP contribution in [0.4, 0.5) is 0 Å². The number of hydrogen-bond acceptors (Lipinski definition) is 2. The molecule has 2 atom stereocenters. The van der Waals surface area contributed by atoms with Crippen LogP contribution in [0, 0.1) is 18.8 Å². The van der Waals surface area contributed by atoms with E-state index in [0.717, 1.165) is 17.0 Å². The second-order valence-corrected chi connectivity index (χ2v) is 4.85. The minimum absolute atomic E-state index is 0.157. The topological polar surface area (TPSA) is 46.2 Å². The average Bonchev–Trinajstić information content (AvgIpc) is 2.25. The van der Waals surface area contributed by atoms with E-state index < -0.39 is 0 Å². The number of hydrogen-bond donors (Lipinski definition) is 2. The molecule has 0 saturated heterocycles. The molecule has 2 unspecified atom stereocenters. The van der Waals surface area contributed by atoms with Crippen molar-refractivity contribution in [2.45, 2.75) is 20.3 Å². The quantitative estimate of drug-likeness (QED) is 0.832. The lowest BCUT2D eigenvalue weighted by Crippen LogP contribution is -2.26. The first-order valence-corrected chi connectivity index (χ1v) is 6.02. The Morgan fingerprint density at radius 1 is 1.44 bits per heavy atom. The van der Waals surface area contributed by atoms with Crippen LogP contribution < -0.4 is 5.73 Å². The lowest BCUT2D eigenvalue weighted by molar-refractivity contribution is 0.187. The number of halogens is 1. The van der Waals surface area contributed by atoms with Gasteiger partial charge in [0.1, 0.15) is 0 Å². The summed E-state index contributed by atoms with van der Waals surface area (Å²) in [4.78, 5) is 0. The molecular formula is C13H20ClNO. The van der Waals surface area contributed by atoms with E-state index in [2.05, 4.69) is 13.0 Å². The van der Waals surface area contributed by atoms with E-state index >= 15 is 0 Å². The maximum absolute atomic E-state index is 9.17. The average molecular weight is 242 g/mol. The molecule has 0 spiro atoms. The summed E-state index contributed by atoms with van der Waals surface area (Å²) in [6.45, 7) is 4.81. The van der Waals surface area contributed by atoms with E-state index in [1.807, 2.05) is 19.1 Å². The van der Waals surface area contributed by atoms with Gasteiger partial charge in [-0.2, -0.15) is 0 Å². The van der Waals surface area contributed by atoms with Gasteiger partial charge in [-0.05, 0) is 48.9 Å². The van der Waals surface area contributed by atoms with Crippen molar-refractivity contribution >= 4 is 11.6 Å². The molecule has 0 aliphatic rings. The van der Waals surface area contributed by atoms with Gasteiger partial charge in [0, 0.05) is 11.6 Å². The molecule has 1 rings (SSSR count). The number of benzene rings is 1. The fraction of sp³-hybridized carbons (Fsp3) is 0.538. The molecule has 3 N–H and O–H groups in total. The Morgan fingerprint density at radius 2 is 2.12 bits per heavy atom. The lowest BCUT2D eigenvalue weighted by Gasteiger charge is -2.20. The third kappa shape index (κ3) is 3.48. The maximum Gasteiger partial charge on any atom is 0.0474 e. The minimum atomic E-state index is 0.157. The van der Waals surface area contributed by atoms with Crippen molar-refractivity contribution in [3.05, 3.63) is 34.3 Å². The third-order valence-corrected chi connectivity index (χ3v) is 3.55. The molecule has 0 radical (unpaired) electrons. The van der Waals surface area contributed by atoms with Crippen LogP contribution in [0.25, 0.3) is 0 Å². The minimum Gasteiger partial charge on any atom is -0.396 e. The number of aliphatic hydroxyl groups excluding tert-OH is 1. The van der Waals surface area contributed by atoms with E-state index in [1.165, 1.54) is 5.56 Å². The van der Waals surface area contributed by atoms with Crippen LogP contribution in [0.5, 0.6) is 0 Å². The van der Waals surface area contributed by atoms with Crippen molar-refractivity contribution in [2.24, 2.45) is 17.6 Å². The van der Waals surface area contributed by atoms with Gasteiger partial charge in [-0.3, -0.25) is 0 Å². The summed E-state index contributed by atoms with van der Waals surface area (Å²) >= 11 is 5.97. The van der Waals surface area contributed by atoms with E-state index in [4.69, 9.17) is 17.3 Å². The van der Waals surface area contributed by atoms with Gasteiger partial charge in [-0.1, -0.05) is 30.7 Å². The van der Waals surface area contributed by atoms with Crippen LogP contribution in [-0.4, -0.2) is 18.3 Å². The van der Waals surface area contributed by atoms with Gasteiger partial charge in [-0.25, -0.2) is 0 Å². The summed E-state index contributed by atoms with van der Waals surface area (Å²) in [5.41, 5.74) is 7.96. The Labute approximate surface area is 102 Å². The molecule has 0 amide bonds. The summed E-state index contributed by atoms with van der Waals surface area (Å²) in [6, 6.07) is 6.07. The van der Waals surface area contributed by atoms with Gasteiger partial charge >= 0.3 is 0 Å². The highest BCUT2D eigenvalue weighted by molar-refractivity contribution is 6.31. The van der Waals surface area contributed by atoms with Crippen LogP contribution in [-0.2, 0) is 6.42 Å². The predicted octanol–water partition coefficient (Wildman–Crippen LogP) is 2.39. The summed E-state index contributed by atoms with van der Waals surface area (Å²) in [5, 5.41) is 9.97. The Hall–Kier alpha value is -0.570. The fourth-order valence-electron chi connectivity index (χ4n) is 1.86. The largest absolute Gasteiger partial charge is 0.396 e. The predicted molar refractivity (Wildman–Crippen MR) is 68.7 cm³/mol. The molecule has 1 aromatic rings. The molecule has 3 heteroatoms. The zero-order valence-corrected chi connectivity index (χ0v) is 10.7. The van der Waals surface area contributed by atoms with Crippen molar-refractivity contribution in [3.8, 4) is 0 Å². The molecule has 1 aromatic carbocycles. The van der Waals surface area contributed by atoms with Crippen LogP contribution >= 0.6 is 11.6 Å². The molecule has 2 nitrogen and oxygen atoms in total. The van der Waals surface area contributed by atoms with Crippen LogP contribution in [0.1, 0.15) is 18.1 Å². The second kappa shape index (κ2) is 6.24. The maximum atomic E-state index is 9.17. The molecule has 0 aliphatic carbocycles. The smallest absolute Gasteiger partial charge is 0.0474 e. The van der Waals surface area contributed by atoms with Crippen LogP contribution in [0.3, 0.4) is 0 Å². The van der Waals surface area contributed by atoms with Gasteiger partial charge < -0.3 is 10.8 Å². The Morgan fingerprint density at radius 3 is 2.62 bits per heavy atom. The highest BCUT2D eigenvalue weighted by Crippen LogP contribution is 2.21. The zero-order valence-electron chi connectivity index (χ0n) is 9.91. The molecule has 90 valence electrons. The fourth-order valence-corrected chi connectivity index (χ4v) is 1.98. The van der Waals surface area contributed by atoms with Crippen molar-refractivity contribution in [3.63, 3.8) is 0 Å². The van der Waals surface area contributed by atoms with Crippen molar-refractivity contribution in [1.82, 2.24) is 0 Å². The first-order valence-electron chi connectivity index (χ1n) is 5.64. The zero-order chi connectivity index (χ0) is 12.1. The van der Waals surface area contributed by atoms with E-state index in [9.17, 15) is 5.11 Å². The van der Waals surface area contributed by atoms with Gasteiger partial charge in [-0.15, -0.1) is 0 Å². The van der Waals surface area contributed by atoms with E-state index in [1.54, 1.807) is 0 Å². The first-order chi connectivity index (χ1) is 7.58. The van der Waals surface area contributed by atoms with Crippen molar-refractivity contribution in [1.29, 1.82) is 0 Å². The van der Waals surface area contributed by atoms with Crippen LogP contribution in [0.15, 0.2) is 18.2 Å². The Kier molecular flexibility index (Phi) is 5.26. The second-order valence-electron chi connectivity index (χ2n) is 4.44. The van der Waals surface area contributed by atoms with Gasteiger partial charge in [0.2, 0.25) is 0 Å². The van der Waals surface area contributed by atoms with Crippen LogP contribution in [0.2, 0.25) is 5.02 Å². The Balaban J connectivity index is 2.69. The van der Waals surface area contributed by atoms with Gasteiger partial charge in [0.05, 0.1) is 0 Å². The molecule has 0 bridgehead atoms. The molecular weight excluding hydrogens is 222 g/mol. The van der Waals surface area contributed by atoms with E-state index in [0.29, 0.717) is 12.5 Å². The Bertz CT molecular complexity index is 337. The van der Waals surface area contributed by atoms with Crippen molar-refractivity contribution in [2.75, 3.05) is 13.2 Å². The molecule has 0 heterocycles. The number of rotatable bonds is 5. The highest BCUT2D eigenvalue weighted by atomic mass is 35.5. The molecule has 16 heavy (non-hydrogen) atoms. The number of nitrogens with two attached hydrogens (primary N) is 1. The number of aliphatic hydroxyl groups is 1. The summed E-state index contributed by atoms with van der Waals surface area (Å²) in [6.07, 6.45) is 0.931. The summed E-state index contributed by atoms with van der Waals surface area (Å²) in [7, 11) is 0. The summed E-state index contributed by atoms with van der Waals surface area (Å²) in [5.74, 6) is 0.562. The lowest BCUT2D eigenvalue weighted by atomic mass is 9.88.